The lowest BCUT2D eigenvalue weighted by molar-refractivity contribution is -0.782. The number of aromatic nitrogens is 2. The number of hydrogen-bond acceptors (Lipinski definition) is 3. The van der Waals surface area contributed by atoms with Gasteiger partial charge in [0.2, 0.25) is 12.0 Å². The molecule has 0 aliphatic carbocycles. The molecule has 5 heteroatoms. The van der Waals surface area contributed by atoms with Crippen LogP contribution in [0.15, 0.2) is 59.3 Å². The average molecular weight is 353 g/mol. The Balaban J connectivity index is 1.60. The molecule has 3 aromatic rings. The standard InChI is InChI=1S/C21H22FN2O2/c1-15-8-9-18(21(22)10-15)12-19(25)13-20-14-24(23-26-20)16(2)11-17-6-4-3-5-7-17/h3-10,14,16H,11-13H2,1-2H3/q+1. The van der Waals surface area contributed by atoms with Crippen LogP contribution in [0.3, 0.4) is 0 Å². The Hall–Kier alpha value is -2.82. The summed E-state index contributed by atoms with van der Waals surface area (Å²) in [6.07, 6.45) is 2.72. The number of carbonyl (C=O) groups excluding carboxylic acids is 1. The summed E-state index contributed by atoms with van der Waals surface area (Å²) in [7, 11) is 0. The third kappa shape index (κ3) is 4.63. The molecule has 1 heterocycles. The van der Waals surface area contributed by atoms with Crippen LogP contribution in [0.4, 0.5) is 4.39 Å². The summed E-state index contributed by atoms with van der Waals surface area (Å²) in [6.45, 7) is 3.86. The van der Waals surface area contributed by atoms with Gasteiger partial charge in [0.25, 0.3) is 0 Å². The second kappa shape index (κ2) is 8.04. The predicted octanol–water partition coefficient (Wildman–Crippen LogP) is 3.57. The maximum Gasteiger partial charge on any atom is 0.241 e. The fourth-order valence-corrected chi connectivity index (χ4v) is 2.89. The second-order valence-electron chi connectivity index (χ2n) is 6.67. The van der Waals surface area contributed by atoms with Crippen LogP contribution in [0.5, 0.6) is 0 Å². The van der Waals surface area contributed by atoms with Gasteiger partial charge < -0.3 is 4.52 Å². The zero-order valence-electron chi connectivity index (χ0n) is 15.0. The minimum Gasteiger partial charge on any atom is -0.305 e. The van der Waals surface area contributed by atoms with Crippen molar-refractivity contribution in [1.29, 1.82) is 0 Å². The van der Waals surface area contributed by atoms with Gasteiger partial charge in [0, 0.05) is 19.8 Å². The summed E-state index contributed by atoms with van der Waals surface area (Å²) >= 11 is 0. The number of benzene rings is 2. The van der Waals surface area contributed by atoms with Gasteiger partial charge in [-0.15, -0.1) is 0 Å². The van der Waals surface area contributed by atoms with E-state index in [9.17, 15) is 9.18 Å². The fraction of sp³-hybridized carbons (Fsp3) is 0.286. The molecule has 134 valence electrons. The van der Waals surface area contributed by atoms with E-state index in [0.717, 1.165) is 12.0 Å². The van der Waals surface area contributed by atoms with Crippen molar-refractivity contribution < 1.29 is 18.4 Å². The quantitative estimate of drug-likeness (QED) is 0.610. The van der Waals surface area contributed by atoms with Crippen molar-refractivity contribution in [3.63, 3.8) is 0 Å². The van der Waals surface area contributed by atoms with Crippen LogP contribution in [0.25, 0.3) is 0 Å². The molecule has 1 unspecified atom stereocenters. The Morgan fingerprint density at radius 2 is 1.96 bits per heavy atom. The number of Topliss-reactive ketones (excluding diaryl/α,β-unsaturated/α-hetero) is 1. The maximum atomic E-state index is 13.9. The monoisotopic (exact) mass is 353 g/mol. The highest BCUT2D eigenvalue weighted by Gasteiger charge is 2.21. The number of nitrogens with zero attached hydrogens (tertiary/aromatic N) is 2. The summed E-state index contributed by atoms with van der Waals surface area (Å²) in [5, 5.41) is 4.02. The Bertz CT molecular complexity index is 890. The highest BCUT2D eigenvalue weighted by Crippen LogP contribution is 2.12. The molecule has 1 atom stereocenters. The highest BCUT2D eigenvalue weighted by molar-refractivity contribution is 5.82. The molecule has 0 saturated carbocycles. The van der Waals surface area contributed by atoms with E-state index in [1.807, 2.05) is 32.0 Å². The first kappa shape index (κ1) is 18.0. The van der Waals surface area contributed by atoms with Crippen LogP contribution >= 0.6 is 0 Å². The number of hydrogen-bond donors (Lipinski definition) is 0. The molecule has 26 heavy (non-hydrogen) atoms. The van der Waals surface area contributed by atoms with Gasteiger partial charge in [-0.1, -0.05) is 42.5 Å². The Morgan fingerprint density at radius 1 is 1.19 bits per heavy atom. The summed E-state index contributed by atoms with van der Waals surface area (Å²) < 4.78 is 20.9. The lowest BCUT2D eigenvalue weighted by Crippen LogP contribution is -2.40. The molecule has 0 aliphatic heterocycles. The van der Waals surface area contributed by atoms with Crippen molar-refractivity contribution in [3.8, 4) is 0 Å². The van der Waals surface area contributed by atoms with E-state index in [1.165, 1.54) is 11.6 Å². The molecule has 3 rings (SSSR count). The third-order valence-corrected chi connectivity index (χ3v) is 4.32. The van der Waals surface area contributed by atoms with Crippen LogP contribution in [-0.2, 0) is 24.1 Å². The topological polar surface area (TPSA) is 47.0 Å². The van der Waals surface area contributed by atoms with E-state index in [-0.39, 0.29) is 30.5 Å². The van der Waals surface area contributed by atoms with Gasteiger partial charge in [0.05, 0.1) is 6.42 Å². The van der Waals surface area contributed by atoms with Crippen LogP contribution < -0.4 is 4.68 Å². The van der Waals surface area contributed by atoms with Crippen molar-refractivity contribution in [2.75, 3.05) is 0 Å². The normalized spacial score (nSPS) is 12.1. The molecule has 0 amide bonds. The minimum atomic E-state index is -0.345. The molecule has 0 radical (unpaired) electrons. The van der Waals surface area contributed by atoms with Gasteiger partial charge in [-0.2, -0.15) is 0 Å². The van der Waals surface area contributed by atoms with Gasteiger partial charge in [-0.25, -0.2) is 4.39 Å². The molecular weight excluding hydrogens is 331 g/mol. The molecule has 0 aliphatic rings. The third-order valence-electron chi connectivity index (χ3n) is 4.32. The number of carbonyl (C=O) groups is 1. The van der Waals surface area contributed by atoms with E-state index in [2.05, 4.69) is 17.4 Å². The van der Waals surface area contributed by atoms with Crippen molar-refractivity contribution in [3.05, 3.63) is 83.0 Å². The summed E-state index contributed by atoms with van der Waals surface area (Å²) in [5.74, 6) is 0.0386. The Kier molecular flexibility index (Phi) is 5.56. The van der Waals surface area contributed by atoms with E-state index in [4.69, 9.17) is 4.52 Å². The van der Waals surface area contributed by atoms with Gasteiger partial charge >= 0.3 is 0 Å². The van der Waals surface area contributed by atoms with Crippen LogP contribution in [0, 0.1) is 12.7 Å². The SMILES string of the molecule is Cc1ccc(CC(=O)Cc2c[n+](C(C)Cc3ccccc3)no2)c(F)c1. The van der Waals surface area contributed by atoms with Gasteiger partial charge in [-0.05, 0) is 34.4 Å². The lowest BCUT2D eigenvalue weighted by atomic mass is 10.0. The predicted molar refractivity (Wildman–Crippen MR) is 95.1 cm³/mol. The van der Waals surface area contributed by atoms with Crippen LogP contribution in [0.2, 0.25) is 0 Å². The smallest absolute Gasteiger partial charge is 0.241 e. The molecule has 0 saturated heterocycles. The summed E-state index contributed by atoms with van der Waals surface area (Å²) in [4.78, 5) is 12.2. The van der Waals surface area contributed by atoms with E-state index in [1.54, 1.807) is 23.0 Å². The maximum absolute atomic E-state index is 13.9. The first-order valence-electron chi connectivity index (χ1n) is 8.69. The molecular formula is C21H22FN2O2+. The largest absolute Gasteiger partial charge is 0.305 e. The average Bonchev–Trinajstić information content (AvgIpc) is 3.07. The molecule has 0 spiro atoms. The van der Waals surface area contributed by atoms with Gasteiger partial charge in [-0.3, -0.25) is 4.79 Å². The molecule has 1 aromatic heterocycles. The number of halogens is 1. The minimum absolute atomic E-state index is 0.0480. The zero-order chi connectivity index (χ0) is 18.5. The Labute approximate surface area is 152 Å². The highest BCUT2D eigenvalue weighted by atomic mass is 19.1. The number of rotatable bonds is 7. The fourth-order valence-electron chi connectivity index (χ4n) is 2.89. The van der Waals surface area contributed by atoms with Crippen molar-refractivity contribution in [2.45, 2.75) is 39.2 Å². The van der Waals surface area contributed by atoms with E-state index in [0.29, 0.717) is 11.3 Å². The molecule has 4 nitrogen and oxygen atoms in total. The van der Waals surface area contributed by atoms with Gasteiger partial charge in [0.15, 0.2) is 11.3 Å². The van der Waals surface area contributed by atoms with Gasteiger partial charge in [0.1, 0.15) is 11.6 Å². The number of ketones is 1. The van der Waals surface area contributed by atoms with Crippen molar-refractivity contribution >= 4 is 5.78 Å². The number of aryl methyl sites for hydroxylation is 1. The second-order valence-corrected chi connectivity index (χ2v) is 6.67. The molecule has 0 bridgehead atoms. The lowest BCUT2D eigenvalue weighted by Gasteiger charge is -2.02. The van der Waals surface area contributed by atoms with Crippen molar-refractivity contribution in [1.82, 2.24) is 5.27 Å². The Morgan fingerprint density at radius 3 is 2.69 bits per heavy atom. The van der Waals surface area contributed by atoms with Crippen LogP contribution in [-0.4, -0.2) is 11.1 Å². The van der Waals surface area contributed by atoms with E-state index >= 15 is 0 Å². The first-order chi connectivity index (χ1) is 12.5. The molecule has 2 aromatic carbocycles. The summed E-state index contributed by atoms with van der Waals surface area (Å²) in [6, 6.07) is 15.1. The molecule has 0 N–H and O–H groups in total. The zero-order valence-corrected chi connectivity index (χ0v) is 15.0. The first-order valence-corrected chi connectivity index (χ1v) is 8.69. The molecule has 0 fully saturated rings. The van der Waals surface area contributed by atoms with E-state index < -0.39 is 0 Å². The van der Waals surface area contributed by atoms with Crippen LogP contribution in [0.1, 0.15) is 35.4 Å². The van der Waals surface area contributed by atoms with Crippen molar-refractivity contribution in [2.24, 2.45) is 0 Å². The summed E-state index contributed by atoms with van der Waals surface area (Å²) in [5.41, 5.74) is 2.45.